The Kier molecular flexibility index (Phi) is 16.0. The highest BCUT2D eigenvalue weighted by molar-refractivity contribution is 7.99. The van der Waals surface area contributed by atoms with Crippen LogP contribution in [-0.2, 0) is 70.9 Å². The van der Waals surface area contributed by atoms with E-state index in [2.05, 4.69) is 110 Å². The molecule has 2 fully saturated rings. The Morgan fingerprint density at radius 3 is 1.32 bits per heavy atom. The molecule has 9 rings (SSSR count). The van der Waals surface area contributed by atoms with E-state index in [-0.39, 0.29) is 6.10 Å². The van der Waals surface area contributed by atoms with Gasteiger partial charge in [0.15, 0.2) is 6.29 Å². The summed E-state index contributed by atoms with van der Waals surface area (Å²) in [5.74, 6) is 0. The highest BCUT2D eigenvalue weighted by Gasteiger charge is 2.53. The van der Waals surface area contributed by atoms with Crippen molar-refractivity contribution < 1.29 is 37.9 Å². The van der Waals surface area contributed by atoms with Crippen LogP contribution in [0.1, 0.15) is 41.7 Å². The summed E-state index contributed by atoms with van der Waals surface area (Å²) in [5, 5.41) is 2.32. The molecule has 0 saturated carbocycles. The zero-order valence-corrected chi connectivity index (χ0v) is 38.3. The third-order valence-corrected chi connectivity index (χ3v) is 13.3. The van der Waals surface area contributed by atoms with Gasteiger partial charge >= 0.3 is 0 Å². The van der Waals surface area contributed by atoms with Crippen molar-refractivity contribution in [3.63, 3.8) is 0 Å². The minimum absolute atomic E-state index is 0.295. The molecule has 10 atom stereocenters. The molecule has 2 aliphatic rings. The van der Waals surface area contributed by atoms with Crippen LogP contribution >= 0.6 is 11.8 Å². The van der Waals surface area contributed by atoms with Crippen LogP contribution in [0.2, 0.25) is 0 Å². The highest BCUT2D eigenvalue weighted by atomic mass is 32.2. The van der Waals surface area contributed by atoms with Gasteiger partial charge in [0, 0.05) is 4.90 Å². The minimum Gasteiger partial charge on any atom is -0.368 e. The van der Waals surface area contributed by atoms with Crippen LogP contribution in [0.25, 0.3) is 10.8 Å². The second kappa shape index (κ2) is 23.0. The molecule has 7 aromatic carbocycles. The van der Waals surface area contributed by atoms with Gasteiger partial charge in [-0.2, -0.15) is 0 Å². The average Bonchev–Trinajstić information content (AvgIpc) is 3.36. The summed E-state index contributed by atoms with van der Waals surface area (Å²) in [4.78, 5) is 1.05. The largest absolute Gasteiger partial charge is 0.368 e. The lowest BCUT2D eigenvalue weighted by Gasteiger charge is -2.49. The zero-order chi connectivity index (χ0) is 44.9. The molecular formula is C57H58O8S. The van der Waals surface area contributed by atoms with Crippen LogP contribution in [0, 0.1) is 0 Å². The topological polar surface area (TPSA) is 73.8 Å². The molecule has 0 radical (unpaired) electrons. The van der Waals surface area contributed by atoms with Crippen molar-refractivity contribution in [2.75, 3.05) is 0 Å². The Balaban J connectivity index is 1.08. The Labute approximate surface area is 393 Å². The van der Waals surface area contributed by atoms with Gasteiger partial charge in [-0.1, -0.05) is 188 Å². The summed E-state index contributed by atoms with van der Waals surface area (Å²) in [7, 11) is 0. The quantitative estimate of drug-likeness (QED) is 0.0789. The second-order valence-electron chi connectivity index (χ2n) is 17.0. The van der Waals surface area contributed by atoms with Crippen LogP contribution in [0.3, 0.4) is 0 Å². The van der Waals surface area contributed by atoms with Gasteiger partial charge < -0.3 is 37.9 Å². The van der Waals surface area contributed by atoms with Crippen molar-refractivity contribution >= 4 is 22.5 Å². The second-order valence-corrected chi connectivity index (χ2v) is 18.1. The van der Waals surface area contributed by atoms with E-state index in [1.54, 1.807) is 11.8 Å². The van der Waals surface area contributed by atoms with Crippen molar-refractivity contribution in [3.05, 3.63) is 222 Å². The fraction of sp³-hybridized carbons (Fsp3) is 0.298. The summed E-state index contributed by atoms with van der Waals surface area (Å²) in [6, 6.07) is 65.8. The fourth-order valence-corrected chi connectivity index (χ4v) is 9.86. The average molecular weight is 903 g/mol. The summed E-state index contributed by atoms with van der Waals surface area (Å²) in [6.45, 7) is 5.75. The van der Waals surface area contributed by atoms with Crippen LogP contribution in [0.4, 0.5) is 0 Å². The lowest BCUT2D eigenvalue weighted by Crippen LogP contribution is -2.64. The molecular weight excluding hydrogens is 845 g/mol. The summed E-state index contributed by atoms with van der Waals surface area (Å²) >= 11 is 1.62. The standard InChI is InChI=1S/C57H58O8S/c1-40-50(58-35-42-20-8-3-9-21-42)52(60-39-46-32-33-47-28-18-19-29-48(47)34-46)54(61-37-44-24-12-5-13-25-44)56(63-40)65-53-51(59-36-43-22-10-4-11-23-43)41(2)64-57(66-49-30-16-7-17-31-49)55(53)62-38-45-26-14-6-15-27-45/h3-34,40-41,50-57H,35-39H2,1-2H3/t40-,41-,50-,51-,52+,53+,54+,55+,56-,57-/m0/s1. The first kappa shape index (κ1) is 46.0. The molecule has 66 heavy (non-hydrogen) atoms. The summed E-state index contributed by atoms with van der Waals surface area (Å²) < 4.78 is 56.3. The number of rotatable bonds is 19. The Morgan fingerprint density at radius 1 is 0.364 bits per heavy atom. The number of benzene rings is 7. The lowest BCUT2D eigenvalue weighted by molar-refractivity contribution is -0.353. The van der Waals surface area contributed by atoms with E-state index in [1.807, 2.05) is 97.9 Å². The van der Waals surface area contributed by atoms with E-state index >= 15 is 0 Å². The molecule has 0 amide bonds. The van der Waals surface area contributed by atoms with Crippen LogP contribution in [0.5, 0.6) is 0 Å². The van der Waals surface area contributed by atoms with Gasteiger partial charge in [0.2, 0.25) is 0 Å². The molecule has 2 heterocycles. The predicted octanol–water partition coefficient (Wildman–Crippen LogP) is 11.7. The maximum atomic E-state index is 7.47. The molecule has 0 bridgehead atoms. The maximum absolute atomic E-state index is 7.47. The predicted molar refractivity (Wildman–Crippen MR) is 258 cm³/mol. The molecule has 0 aliphatic carbocycles. The molecule has 7 aromatic rings. The fourth-order valence-electron chi connectivity index (χ4n) is 8.68. The van der Waals surface area contributed by atoms with Crippen molar-refractivity contribution in [3.8, 4) is 0 Å². The molecule has 0 spiro atoms. The van der Waals surface area contributed by atoms with Crippen molar-refractivity contribution in [1.29, 1.82) is 0 Å². The van der Waals surface area contributed by atoms with Crippen molar-refractivity contribution in [2.24, 2.45) is 0 Å². The first-order valence-electron chi connectivity index (χ1n) is 22.9. The normalized spacial score (nSPS) is 25.4. The Hall–Kier alpha value is -5.17. The lowest BCUT2D eigenvalue weighted by atomic mass is 9.96. The van der Waals surface area contributed by atoms with Gasteiger partial charge in [-0.05, 0) is 70.6 Å². The van der Waals surface area contributed by atoms with E-state index < -0.39 is 54.5 Å². The monoisotopic (exact) mass is 902 g/mol. The van der Waals surface area contributed by atoms with E-state index in [0.29, 0.717) is 33.0 Å². The zero-order valence-electron chi connectivity index (χ0n) is 37.5. The van der Waals surface area contributed by atoms with Crippen LogP contribution < -0.4 is 0 Å². The third-order valence-electron chi connectivity index (χ3n) is 12.1. The van der Waals surface area contributed by atoms with Gasteiger partial charge in [0.05, 0.1) is 45.2 Å². The van der Waals surface area contributed by atoms with Crippen molar-refractivity contribution in [2.45, 2.75) is 112 Å². The molecule has 9 heteroatoms. The van der Waals surface area contributed by atoms with Gasteiger partial charge in [-0.15, -0.1) is 0 Å². The first-order valence-corrected chi connectivity index (χ1v) is 23.8. The number of fused-ring (bicyclic) bond motifs is 1. The van der Waals surface area contributed by atoms with E-state index in [9.17, 15) is 0 Å². The van der Waals surface area contributed by atoms with E-state index in [1.165, 1.54) is 5.39 Å². The molecule has 340 valence electrons. The summed E-state index contributed by atoms with van der Waals surface area (Å²) in [6.07, 6.45) is -5.49. The number of thioether (sulfide) groups is 1. The smallest absolute Gasteiger partial charge is 0.187 e. The minimum atomic E-state index is -0.926. The van der Waals surface area contributed by atoms with Gasteiger partial charge in [-0.25, -0.2) is 0 Å². The van der Waals surface area contributed by atoms with E-state index in [0.717, 1.165) is 38.1 Å². The van der Waals surface area contributed by atoms with Gasteiger partial charge in [0.1, 0.15) is 42.1 Å². The molecule has 0 aromatic heterocycles. The summed E-state index contributed by atoms with van der Waals surface area (Å²) in [5.41, 5.74) is 4.71. The van der Waals surface area contributed by atoms with Crippen LogP contribution in [0.15, 0.2) is 199 Å². The molecule has 0 N–H and O–H groups in total. The molecule has 2 saturated heterocycles. The number of hydrogen-bond acceptors (Lipinski definition) is 9. The number of ether oxygens (including phenoxy) is 8. The van der Waals surface area contributed by atoms with Crippen LogP contribution in [-0.4, -0.2) is 60.6 Å². The van der Waals surface area contributed by atoms with Gasteiger partial charge in [0.25, 0.3) is 0 Å². The van der Waals surface area contributed by atoms with Crippen molar-refractivity contribution in [1.82, 2.24) is 0 Å². The molecule has 2 aliphatic heterocycles. The Bertz CT molecular complexity index is 2500. The molecule has 0 unspecified atom stereocenters. The van der Waals surface area contributed by atoms with E-state index in [4.69, 9.17) is 37.9 Å². The molecule has 8 nitrogen and oxygen atoms in total. The Morgan fingerprint density at radius 2 is 0.773 bits per heavy atom. The third kappa shape index (κ3) is 12.0. The maximum Gasteiger partial charge on any atom is 0.187 e. The first-order chi connectivity index (χ1) is 32.5. The van der Waals surface area contributed by atoms with Gasteiger partial charge in [-0.3, -0.25) is 0 Å². The SMILES string of the molecule is C[C@@H]1O[C@@H](Sc2ccccc2)[C@H](OCc2ccccc2)[C@H](O[C@@H]2O[C@@H](C)[C@H](OCc3ccccc3)[C@@H](OCc3ccc4ccccc4c3)[C@H]2OCc2ccccc2)[C@H]1OCc1ccccc1. The number of hydrogen-bond donors (Lipinski definition) is 0. The highest BCUT2D eigenvalue weighted by Crippen LogP contribution is 2.40.